The van der Waals surface area contributed by atoms with Gasteiger partial charge in [-0.2, -0.15) is 0 Å². The molecule has 1 amide bonds. The molecule has 0 bridgehead atoms. The number of carbonyl (C=O) groups excluding carboxylic acids is 1. The second-order valence-corrected chi connectivity index (χ2v) is 8.88. The fourth-order valence-electron chi connectivity index (χ4n) is 4.12. The van der Waals surface area contributed by atoms with Gasteiger partial charge in [0, 0.05) is 35.6 Å². The second kappa shape index (κ2) is 11.7. The zero-order chi connectivity index (χ0) is 26.3. The van der Waals surface area contributed by atoms with Crippen LogP contribution in [0.2, 0.25) is 0 Å². The molecule has 0 atom stereocenters. The SMILES string of the molecule is COc1ccc(-c2cc(-c3ccc(O)cc3)nc(Nc3ccc(NC(=O)CN4CCOCC4)cc3)n2)cc1. The summed E-state index contributed by atoms with van der Waals surface area (Å²) in [5, 5.41) is 15.9. The summed E-state index contributed by atoms with van der Waals surface area (Å²) in [6, 6.07) is 23.9. The summed E-state index contributed by atoms with van der Waals surface area (Å²) < 4.78 is 10.6. The van der Waals surface area contributed by atoms with Gasteiger partial charge in [-0.1, -0.05) is 0 Å². The van der Waals surface area contributed by atoms with Gasteiger partial charge >= 0.3 is 0 Å². The number of ether oxygens (including phenoxy) is 2. The highest BCUT2D eigenvalue weighted by Gasteiger charge is 2.14. The third-order valence-electron chi connectivity index (χ3n) is 6.17. The molecular formula is C29H29N5O4. The molecule has 1 saturated heterocycles. The van der Waals surface area contributed by atoms with Gasteiger partial charge < -0.3 is 25.2 Å². The van der Waals surface area contributed by atoms with Crippen molar-refractivity contribution in [2.24, 2.45) is 0 Å². The van der Waals surface area contributed by atoms with E-state index in [9.17, 15) is 9.90 Å². The molecule has 0 aliphatic carbocycles. The van der Waals surface area contributed by atoms with E-state index in [1.165, 1.54) is 0 Å². The summed E-state index contributed by atoms with van der Waals surface area (Å²) in [5.74, 6) is 1.32. The highest BCUT2D eigenvalue weighted by molar-refractivity contribution is 5.92. The lowest BCUT2D eigenvalue weighted by Gasteiger charge is -2.25. The Kier molecular flexibility index (Phi) is 7.77. The number of hydrogen-bond acceptors (Lipinski definition) is 8. The Morgan fingerprint density at radius 2 is 1.47 bits per heavy atom. The standard InChI is InChI=1S/C29H29N5O4/c1-37-25-12-4-21(5-13-25)27-18-26(20-2-10-24(35)11-3-20)32-29(33-27)31-23-8-6-22(7-9-23)30-28(36)19-34-14-16-38-17-15-34/h2-13,18,35H,14-17,19H2,1H3,(H,30,36)(H,31,32,33). The summed E-state index contributed by atoms with van der Waals surface area (Å²) >= 11 is 0. The number of nitrogens with one attached hydrogen (secondary N) is 2. The quantitative estimate of drug-likeness (QED) is 0.316. The first-order valence-electron chi connectivity index (χ1n) is 12.4. The van der Waals surface area contributed by atoms with E-state index in [1.807, 2.05) is 66.7 Å². The first-order chi connectivity index (χ1) is 18.6. The number of carbonyl (C=O) groups is 1. The number of nitrogens with zero attached hydrogens (tertiary/aromatic N) is 3. The van der Waals surface area contributed by atoms with Crippen LogP contribution in [0.4, 0.5) is 17.3 Å². The van der Waals surface area contributed by atoms with Crippen LogP contribution in [0.1, 0.15) is 0 Å². The van der Waals surface area contributed by atoms with Crippen molar-refractivity contribution in [3.63, 3.8) is 0 Å². The first kappa shape index (κ1) is 25.2. The van der Waals surface area contributed by atoms with Gasteiger partial charge in [0.25, 0.3) is 0 Å². The van der Waals surface area contributed by atoms with Gasteiger partial charge in [0.1, 0.15) is 11.5 Å². The lowest BCUT2D eigenvalue weighted by molar-refractivity contribution is -0.118. The Labute approximate surface area is 221 Å². The summed E-state index contributed by atoms with van der Waals surface area (Å²) in [4.78, 5) is 23.9. The maximum absolute atomic E-state index is 12.4. The molecule has 0 saturated carbocycles. The number of morpholine rings is 1. The summed E-state index contributed by atoms with van der Waals surface area (Å²) in [7, 11) is 1.63. The fraction of sp³-hybridized carbons (Fsp3) is 0.207. The topological polar surface area (TPSA) is 109 Å². The minimum Gasteiger partial charge on any atom is -0.508 e. The van der Waals surface area contributed by atoms with Crippen LogP contribution in [0.25, 0.3) is 22.5 Å². The number of hydrogen-bond donors (Lipinski definition) is 3. The van der Waals surface area contributed by atoms with Crippen molar-refractivity contribution in [1.29, 1.82) is 0 Å². The van der Waals surface area contributed by atoms with E-state index in [-0.39, 0.29) is 11.7 Å². The normalized spacial score (nSPS) is 13.6. The number of phenols is 1. The maximum Gasteiger partial charge on any atom is 0.238 e. The number of amides is 1. The van der Waals surface area contributed by atoms with Crippen LogP contribution < -0.4 is 15.4 Å². The lowest BCUT2D eigenvalue weighted by Crippen LogP contribution is -2.41. The number of methoxy groups -OCH3 is 1. The van der Waals surface area contributed by atoms with Crippen molar-refractivity contribution in [2.75, 3.05) is 50.6 Å². The minimum absolute atomic E-state index is 0.0540. The van der Waals surface area contributed by atoms with Crippen LogP contribution >= 0.6 is 0 Å². The average molecular weight is 512 g/mol. The van der Waals surface area contributed by atoms with Crippen LogP contribution in [0.5, 0.6) is 11.5 Å². The molecule has 3 N–H and O–H groups in total. The van der Waals surface area contributed by atoms with Gasteiger partial charge in [-0.25, -0.2) is 9.97 Å². The van der Waals surface area contributed by atoms with Crippen LogP contribution in [0.3, 0.4) is 0 Å². The molecule has 3 aromatic carbocycles. The zero-order valence-electron chi connectivity index (χ0n) is 21.1. The monoisotopic (exact) mass is 511 g/mol. The summed E-state index contributed by atoms with van der Waals surface area (Å²) in [6.07, 6.45) is 0. The highest BCUT2D eigenvalue weighted by Crippen LogP contribution is 2.28. The predicted octanol–water partition coefficient (Wildman–Crippen LogP) is 4.54. The Morgan fingerprint density at radius 3 is 2.08 bits per heavy atom. The Balaban J connectivity index is 1.34. The molecule has 9 heteroatoms. The molecule has 0 unspecified atom stereocenters. The molecular weight excluding hydrogens is 482 g/mol. The molecule has 1 aromatic heterocycles. The number of phenolic OH excluding ortho intramolecular Hbond substituents is 1. The molecule has 4 aromatic rings. The highest BCUT2D eigenvalue weighted by atomic mass is 16.5. The first-order valence-corrected chi connectivity index (χ1v) is 12.4. The Hall–Kier alpha value is -4.47. The van der Waals surface area contributed by atoms with Crippen LogP contribution in [-0.4, -0.2) is 65.8 Å². The lowest BCUT2D eigenvalue weighted by atomic mass is 10.1. The van der Waals surface area contributed by atoms with Gasteiger partial charge in [-0.15, -0.1) is 0 Å². The maximum atomic E-state index is 12.4. The van der Waals surface area contributed by atoms with Crippen LogP contribution in [0, 0.1) is 0 Å². The van der Waals surface area contributed by atoms with E-state index in [1.54, 1.807) is 19.2 Å². The molecule has 2 heterocycles. The van der Waals surface area contributed by atoms with E-state index >= 15 is 0 Å². The predicted molar refractivity (Wildman–Crippen MR) is 147 cm³/mol. The second-order valence-electron chi connectivity index (χ2n) is 8.88. The molecule has 194 valence electrons. The molecule has 1 fully saturated rings. The number of aromatic nitrogens is 2. The fourth-order valence-corrected chi connectivity index (χ4v) is 4.12. The van der Waals surface area contributed by atoms with Crippen LogP contribution in [0.15, 0.2) is 78.9 Å². The van der Waals surface area contributed by atoms with Crippen molar-refractivity contribution < 1.29 is 19.4 Å². The molecule has 1 aliphatic rings. The van der Waals surface area contributed by atoms with E-state index in [2.05, 4.69) is 15.5 Å². The third-order valence-corrected chi connectivity index (χ3v) is 6.17. The summed E-state index contributed by atoms with van der Waals surface area (Å²) in [6.45, 7) is 3.18. The number of rotatable bonds is 8. The van der Waals surface area contributed by atoms with Gasteiger partial charge in [0.05, 0.1) is 38.3 Å². The zero-order valence-corrected chi connectivity index (χ0v) is 21.1. The van der Waals surface area contributed by atoms with E-state index in [0.29, 0.717) is 37.1 Å². The van der Waals surface area contributed by atoms with Crippen molar-refractivity contribution in [1.82, 2.24) is 14.9 Å². The molecule has 0 radical (unpaired) electrons. The smallest absolute Gasteiger partial charge is 0.238 e. The van der Waals surface area contributed by atoms with Crippen molar-refractivity contribution in [2.45, 2.75) is 0 Å². The van der Waals surface area contributed by atoms with Gasteiger partial charge in [-0.3, -0.25) is 9.69 Å². The molecule has 38 heavy (non-hydrogen) atoms. The van der Waals surface area contributed by atoms with Crippen molar-refractivity contribution in [3.8, 4) is 34.0 Å². The molecule has 1 aliphatic heterocycles. The van der Waals surface area contributed by atoms with E-state index in [0.717, 1.165) is 41.3 Å². The largest absolute Gasteiger partial charge is 0.508 e. The molecule has 9 nitrogen and oxygen atoms in total. The van der Waals surface area contributed by atoms with E-state index in [4.69, 9.17) is 19.4 Å². The molecule has 5 rings (SSSR count). The minimum atomic E-state index is -0.0540. The summed E-state index contributed by atoms with van der Waals surface area (Å²) in [5.41, 5.74) is 4.70. The van der Waals surface area contributed by atoms with Crippen LogP contribution in [-0.2, 0) is 9.53 Å². The van der Waals surface area contributed by atoms with Crippen molar-refractivity contribution in [3.05, 3.63) is 78.9 Å². The van der Waals surface area contributed by atoms with Gasteiger partial charge in [-0.05, 0) is 78.9 Å². The Morgan fingerprint density at radius 1 is 0.895 bits per heavy atom. The third kappa shape index (κ3) is 6.44. The van der Waals surface area contributed by atoms with Crippen molar-refractivity contribution >= 4 is 23.2 Å². The number of anilines is 3. The number of aromatic hydroxyl groups is 1. The Bertz CT molecular complexity index is 1370. The molecule has 0 spiro atoms. The van der Waals surface area contributed by atoms with E-state index < -0.39 is 0 Å². The average Bonchev–Trinajstić information content (AvgIpc) is 2.95. The van der Waals surface area contributed by atoms with Gasteiger partial charge in [0.15, 0.2) is 0 Å². The van der Waals surface area contributed by atoms with Gasteiger partial charge in [0.2, 0.25) is 11.9 Å². The number of benzene rings is 3.